The average molecular weight is 228 g/mol. The van der Waals surface area contributed by atoms with E-state index in [1.54, 1.807) is 0 Å². The van der Waals surface area contributed by atoms with E-state index in [0.29, 0.717) is 11.4 Å². The van der Waals surface area contributed by atoms with Crippen LogP contribution < -0.4 is 11.1 Å². The number of benzene rings is 1. The zero-order valence-electron chi connectivity index (χ0n) is 8.28. The quantitative estimate of drug-likeness (QED) is 0.238. The van der Waals surface area contributed by atoms with E-state index in [9.17, 15) is 0 Å². The number of nitrogens with one attached hydrogen (secondary N) is 1. The van der Waals surface area contributed by atoms with Crippen molar-refractivity contribution in [2.24, 2.45) is 10.9 Å². The molecule has 0 heterocycles. The van der Waals surface area contributed by atoms with E-state index in [-0.39, 0.29) is 5.84 Å². The lowest BCUT2D eigenvalue weighted by atomic mass is 10.2. The van der Waals surface area contributed by atoms with Gasteiger partial charge in [0.15, 0.2) is 0 Å². The third-order valence-corrected chi connectivity index (χ3v) is 2.13. The van der Waals surface area contributed by atoms with Crippen LogP contribution in [0.2, 0.25) is 5.02 Å². The minimum absolute atomic E-state index is 0.253. The molecule has 0 aliphatic heterocycles. The van der Waals surface area contributed by atoms with Gasteiger partial charge in [0.05, 0.1) is 0 Å². The summed E-state index contributed by atoms with van der Waals surface area (Å²) < 4.78 is 0. The van der Waals surface area contributed by atoms with Crippen molar-refractivity contribution >= 4 is 23.1 Å². The SMILES string of the molecule is NC(CCCNc1cccc(Cl)c1)=NO. The molecule has 1 aromatic rings. The normalized spacial score (nSPS) is 11.4. The van der Waals surface area contributed by atoms with Crippen LogP contribution in [0.15, 0.2) is 29.4 Å². The smallest absolute Gasteiger partial charge is 0.139 e. The van der Waals surface area contributed by atoms with Crippen LogP contribution in [0.4, 0.5) is 5.69 Å². The molecule has 0 fully saturated rings. The molecule has 0 radical (unpaired) electrons. The van der Waals surface area contributed by atoms with Crippen molar-refractivity contribution in [1.29, 1.82) is 0 Å². The fraction of sp³-hybridized carbons (Fsp3) is 0.300. The van der Waals surface area contributed by atoms with Crippen molar-refractivity contribution in [3.05, 3.63) is 29.3 Å². The molecule has 0 aliphatic carbocycles. The molecule has 0 amide bonds. The fourth-order valence-electron chi connectivity index (χ4n) is 1.15. The highest BCUT2D eigenvalue weighted by Crippen LogP contribution is 2.14. The van der Waals surface area contributed by atoms with Crippen LogP contribution >= 0.6 is 11.6 Å². The van der Waals surface area contributed by atoms with Crippen LogP contribution in [0.1, 0.15) is 12.8 Å². The number of halogens is 1. The highest BCUT2D eigenvalue weighted by molar-refractivity contribution is 6.30. The van der Waals surface area contributed by atoms with Gasteiger partial charge in [-0.3, -0.25) is 0 Å². The van der Waals surface area contributed by atoms with Gasteiger partial charge in [-0.2, -0.15) is 0 Å². The number of nitrogens with two attached hydrogens (primary N) is 1. The number of anilines is 1. The van der Waals surface area contributed by atoms with Crippen LogP contribution in [-0.4, -0.2) is 17.6 Å². The Bertz CT molecular complexity index is 341. The summed E-state index contributed by atoms with van der Waals surface area (Å²) in [6.07, 6.45) is 1.38. The van der Waals surface area contributed by atoms with Crippen molar-refractivity contribution in [3.63, 3.8) is 0 Å². The second kappa shape index (κ2) is 6.14. The first kappa shape index (κ1) is 11.7. The number of rotatable bonds is 5. The molecule has 0 spiro atoms. The molecule has 1 rings (SSSR count). The predicted molar refractivity (Wildman–Crippen MR) is 62.6 cm³/mol. The second-order valence-corrected chi connectivity index (χ2v) is 3.57. The summed E-state index contributed by atoms with van der Waals surface area (Å²) in [5.41, 5.74) is 6.30. The molecule has 0 aliphatic rings. The lowest BCUT2D eigenvalue weighted by molar-refractivity contribution is 0.316. The summed E-state index contributed by atoms with van der Waals surface area (Å²) in [6.45, 7) is 0.760. The molecule has 0 bridgehead atoms. The first-order valence-electron chi connectivity index (χ1n) is 4.68. The van der Waals surface area contributed by atoms with Gasteiger partial charge in [0.2, 0.25) is 0 Å². The highest BCUT2D eigenvalue weighted by Gasteiger charge is 1.95. The van der Waals surface area contributed by atoms with Crippen molar-refractivity contribution in [1.82, 2.24) is 0 Å². The first-order chi connectivity index (χ1) is 7.22. The minimum Gasteiger partial charge on any atom is -0.409 e. The maximum Gasteiger partial charge on any atom is 0.139 e. The van der Waals surface area contributed by atoms with Crippen LogP contribution in [-0.2, 0) is 0 Å². The van der Waals surface area contributed by atoms with Gasteiger partial charge in [0.25, 0.3) is 0 Å². The standard InChI is InChI=1S/C10H14ClN3O/c11-8-3-1-4-9(7-8)13-6-2-5-10(12)14-15/h1,3-4,7,13,15H,2,5-6H2,(H2,12,14). The van der Waals surface area contributed by atoms with Gasteiger partial charge in [-0.15, -0.1) is 0 Å². The molecule has 15 heavy (non-hydrogen) atoms. The van der Waals surface area contributed by atoms with Crippen molar-refractivity contribution in [2.45, 2.75) is 12.8 Å². The topological polar surface area (TPSA) is 70.6 Å². The summed E-state index contributed by atoms with van der Waals surface area (Å²) >= 11 is 5.82. The number of hydrogen-bond acceptors (Lipinski definition) is 3. The van der Waals surface area contributed by atoms with E-state index in [4.69, 9.17) is 22.5 Å². The van der Waals surface area contributed by atoms with Gasteiger partial charge in [0.1, 0.15) is 5.84 Å². The van der Waals surface area contributed by atoms with Crippen LogP contribution in [0.25, 0.3) is 0 Å². The third-order valence-electron chi connectivity index (χ3n) is 1.89. The zero-order valence-corrected chi connectivity index (χ0v) is 9.04. The van der Waals surface area contributed by atoms with E-state index in [0.717, 1.165) is 18.7 Å². The molecule has 0 atom stereocenters. The van der Waals surface area contributed by atoms with Crippen molar-refractivity contribution in [2.75, 3.05) is 11.9 Å². The van der Waals surface area contributed by atoms with Gasteiger partial charge in [-0.1, -0.05) is 22.8 Å². The molecule has 0 unspecified atom stereocenters. The average Bonchev–Trinajstić information content (AvgIpc) is 2.24. The minimum atomic E-state index is 0.253. The van der Waals surface area contributed by atoms with Crippen molar-refractivity contribution in [3.8, 4) is 0 Å². The van der Waals surface area contributed by atoms with E-state index in [1.165, 1.54) is 0 Å². The van der Waals surface area contributed by atoms with Crippen molar-refractivity contribution < 1.29 is 5.21 Å². The lowest BCUT2D eigenvalue weighted by Crippen LogP contribution is -2.13. The Morgan fingerprint density at radius 3 is 3.00 bits per heavy atom. The molecule has 82 valence electrons. The molecule has 4 N–H and O–H groups in total. The van der Waals surface area contributed by atoms with E-state index >= 15 is 0 Å². The van der Waals surface area contributed by atoms with Gasteiger partial charge in [-0.05, 0) is 24.6 Å². The van der Waals surface area contributed by atoms with Crippen LogP contribution in [0.3, 0.4) is 0 Å². The largest absolute Gasteiger partial charge is 0.409 e. The molecular formula is C10H14ClN3O. The summed E-state index contributed by atoms with van der Waals surface area (Å²) in [4.78, 5) is 0. The van der Waals surface area contributed by atoms with Crippen LogP contribution in [0.5, 0.6) is 0 Å². The number of amidine groups is 1. The Morgan fingerprint density at radius 2 is 2.33 bits per heavy atom. The summed E-state index contributed by atoms with van der Waals surface area (Å²) in [6, 6.07) is 7.50. The maximum absolute atomic E-state index is 8.31. The number of nitrogens with zero attached hydrogens (tertiary/aromatic N) is 1. The van der Waals surface area contributed by atoms with Gasteiger partial charge in [0, 0.05) is 23.7 Å². The first-order valence-corrected chi connectivity index (χ1v) is 5.06. The Kier molecular flexibility index (Phi) is 4.77. The Morgan fingerprint density at radius 1 is 1.53 bits per heavy atom. The monoisotopic (exact) mass is 227 g/mol. The van der Waals surface area contributed by atoms with E-state index in [1.807, 2.05) is 24.3 Å². The van der Waals surface area contributed by atoms with Gasteiger partial charge >= 0.3 is 0 Å². The Balaban J connectivity index is 2.26. The summed E-state index contributed by atoms with van der Waals surface area (Å²) in [5.74, 6) is 0.253. The maximum atomic E-state index is 8.31. The van der Waals surface area contributed by atoms with E-state index in [2.05, 4.69) is 10.5 Å². The molecule has 0 saturated carbocycles. The van der Waals surface area contributed by atoms with Crippen LogP contribution in [0, 0.1) is 0 Å². The fourth-order valence-corrected chi connectivity index (χ4v) is 1.34. The molecule has 5 heteroatoms. The van der Waals surface area contributed by atoms with Gasteiger partial charge < -0.3 is 16.3 Å². The molecule has 1 aromatic carbocycles. The Labute approximate surface area is 93.7 Å². The number of hydrogen-bond donors (Lipinski definition) is 3. The highest BCUT2D eigenvalue weighted by atomic mass is 35.5. The lowest BCUT2D eigenvalue weighted by Gasteiger charge is -2.05. The molecule has 4 nitrogen and oxygen atoms in total. The molecular weight excluding hydrogens is 214 g/mol. The summed E-state index contributed by atoms with van der Waals surface area (Å²) in [7, 11) is 0. The summed E-state index contributed by atoms with van der Waals surface area (Å²) in [5, 5.41) is 15.1. The zero-order chi connectivity index (χ0) is 11.1. The molecule has 0 saturated heterocycles. The predicted octanol–water partition coefficient (Wildman–Crippen LogP) is 2.28. The number of oxime groups is 1. The third kappa shape index (κ3) is 4.56. The van der Waals surface area contributed by atoms with Gasteiger partial charge in [-0.25, -0.2) is 0 Å². The Hall–Kier alpha value is -1.42. The molecule has 0 aromatic heterocycles. The van der Waals surface area contributed by atoms with E-state index < -0.39 is 0 Å². The second-order valence-electron chi connectivity index (χ2n) is 3.13.